The third kappa shape index (κ3) is 2.02. The summed E-state index contributed by atoms with van der Waals surface area (Å²) in [4.78, 5) is 0. The third-order valence-corrected chi connectivity index (χ3v) is 5.55. The molecule has 3 aliphatic carbocycles. The molecule has 0 aromatic carbocycles. The zero-order valence-electron chi connectivity index (χ0n) is 10.5. The third-order valence-electron chi connectivity index (χ3n) is 5.55. The molecule has 0 aromatic heterocycles. The Kier molecular flexibility index (Phi) is 2.97. The summed E-state index contributed by atoms with van der Waals surface area (Å²) in [6.45, 7) is 2.39. The Hall–Kier alpha value is -0.0800. The van der Waals surface area contributed by atoms with Crippen molar-refractivity contribution in [2.75, 3.05) is 0 Å². The zero-order chi connectivity index (χ0) is 11.1. The molecule has 92 valence electrons. The maximum Gasteiger partial charge on any atom is 0.0267 e. The van der Waals surface area contributed by atoms with E-state index in [1.54, 1.807) is 0 Å². The van der Waals surface area contributed by atoms with Crippen LogP contribution in [0.1, 0.15) is 51.9 Å². The molecule has 0 aliphatic heterocycles. The van der Waals surface area contributed by atoms with Crippen LogP contribution in [0.5, 0.6) is 0 Å². The van der Waals surface area contributed by atoms with Crippen LogP contribution in [0.2, 0.25) is 0 Å². The van der Waals surface area contributed by atoms with Crippen LogP contribution in [0.4, 0.5) is 0 Å². The number of rotatable bonds is 3. The summed E-state index contributed by atoms with van der Waals surface area (Å²) in [5.41, 5.74) is 3.17. The number of nitrogens with two attached hydrogens (primary N) is 1. The summed E-state index contributed by atoms with van der Waals surface area (Å²) in [5.74, 6) is 10.7. The lowest BCUT2D eigenvalue weighted by atomic mass is 9.75. The van der Waals surface area contributed by atoms with Crippen LogP contribution in [0.3, 0.4) is 0 Å². The van der Waals surface area contributed by atoms with Gasteiger partial charge in [-0.05, 0) is 61.7 Å². The fourth-order valence-corrected chi connectivity index (χ4v) is 4.36. The first-order valence-electron chi connectivity index (χ1n) is 7.24. The predicted octanol–water partition coefficient (Wildman–Crippen LogP) is 2.69. The minimum atomic E-state index is 0.625. The Morgan fingerprint density at radius 3 is 2.12 bits per heavy atom. The van der Waals surface area contributed by atoms with E-state index in [0.717, 1.165) is 29.6 Å². The Morgan fingerprint density at radius 2 is 1.56 bits per heavy atom. The van der Waals surface area contributed by atoms with E-state index in [2.05, 4.69) is 12.3 Å². The second kappa shape index (κ2) is 4.30. The number of nitrogens with one attached hydrogen (secondary N) is 1. The molecule has 0 radical (unpaired) electrons. The SMILES string of the molecule is CC1CCC(C(NN)C2CC3CC3C2)CC1. The van der Waals surface area contributed by atoms with Gasteiger partial charge in [-0.3, -0.25) is 11.3 Å². The summed E-state index contributed by atoms with van der Waals surface area (Å²) in [6.07, 6.45) is 10.1. The lowest BCUT2D eigenvalue weighted by Gasteiger charge is -2.36. The number of hydrogen-bond donors (Lipinski definition) is 2. The van der Waals surface area contributed by atoms with E-state index in [4.69, 9.17) is 5.84 Å². The van der Waals surface area contributed by atoms with Gasteiger partial charge in [0, 0.05) is 6.04 Å². The molecule has 16 heavy (non-hydrogen) atoms. The molecule has 0 spiro atoms. The van der Waals surface area contributed by atoms with Crippen molar-refractivity contribution in [3.63, 3.8) is 0 Å². The van der Waals surface area contributed by atoms with Crippen molar-refractivity contribution in [1.29, 1.82) is 0 Å². The minimum Gasteiger partial charge on any atom is -0.271 e. The van der Waals surface area contributed by atoms with Crippen molar-refractivity contribution in [3.8, 4) is 0 Å². The van der Waals surface area contributed by atoms with Crippen molar-refractivity contribution in [2.24, 2.45) is 35.4 Å². The quantitative estimate of drug-likeness (QED) is 0.569. The van der Waals surface area contributed by atoms with E-state index in [1.807, 2.05) is 0 Å². The molecule has 3 rings (SSSR count). The molecule has 0 aromatic rings. The maximum absolute atomic E-state index is 5.83. The Balaban J connectivity index is 1.57. The lowest BCUT2D eigenvalue weighted by Crippen LogP contribution is -2.46. The van der Waals surface area contributed by atoms with Crippen molar-refractivity contribution in [2.45, 2.75) is 57.9 Å². The maximum atomic E-state index is 5.83. The first kappa shape index (κ1) is 11.0. The molecule has 3 atom stereocenters. The monoisotopic (exact) mass is 222 g/mol. The summed E-state index contributed by atoms with van der Waals surface area (Å²) < 4.78 is 0. The van der Waals surface area contributed by atoms with Gasteiger partial charge >= 0.3 is 0 Å². The lowest BCUT2D eigenvalue weighted by molar-refractivity contribution is 0.178. The van der Waals surface area contributed by atoms with E-state index in [-0.39, 0.29) is 0 Å². The smallest absolute Gasteiger partial charge is 0.0267 e. The fraction of sp³-hybridized carbons (Fsp3) is 1.00. The first-order chi connectivity index (χ1) is 7.78. The fourth-order valence-electron chi connectivity index (χ4n) is 4.36. The summed E-state index contributed by atoms with van der Waals surface area (Å²) in [7, 11) is 0. The van der Waals surface area contributed by atoms with Crippen molar-refractivity contribution in [1.82, 2.24) is 5.43 Å². The molecule has 3 fully saturated rings. The van der Waals surface area contributed by atoms with Gasteiger partial charge < -0.3 is 0 Å². The molecule has 0 heterocycles. The predicted molar refractivity (Wildman–Crippen MR) is 66.6 cm³/mol. The van der Waals surface area contributed by atoms with Gasteiger partial charge in [0.1, 0.15) is 0 Å². The highest BCUT2D eigenvalue weighted by molar-refractivity contribution is 5.00. The zero-order valence-corrected chi connectivity index (χ0v) is 10.5. The molecule has 3 unspecified atom stereocenters. The van der Waals surface area contributed by atoms with Crippen LogP contribution in [0.15, 0.2) is 0 Å². The van der Waals surface area contributed by atoms with Crippen LogP contribution in [-0.2, 0) is 0 Å². The number of hydrazine groups is 1. The van der Waals surface area contributed by atoms with Gasteiger partial charge in [-0.25, -0.2) is 0 Å². The van der Waals surface area contributed by atoms with Crippen molar-refractivity contribution >= 4 is 0 Å². The van der Waals surface area contributed by atoms with E-state index < -0.39 is 0 Å². The van der Waals surface area contributed by atoms with Crippen LogP contribution < -0.4 is 11.3 Å². The largest absolute Gasteiger partial charge is 0.271 e. The number of fused-ring (bicyclic) bond motifs is 1. The topological polar surface area (TPSA) is 38.0 Å². The normalized spacial score (nSPS) is 48.8. The Labute approximate surface area is 99.3 Å². The van der Waals surface area contributed by atoms with Crippen molar-refractivity contribution in [3.05, 3.63) is 0 Å². The van der Waals surface area contributed by atoms with Gasteiger partial charge in [0.2, 0.25) is 0 Å². The summed E-state index contributed by atoms with van der Waals surface area (Å²) in [5, 5.41) is 0. The molecule has 3 aliphatic rings. The Bertz CT molecular complexity index is 235. The second-order valence-corrected chi connectivity index (χ2v) is 6.70. The number of hydrogen-bond acceptors (Lipinski definition) is 2. The molecule has 0 bridgehead atoms. The molecule has 0 saturated heterocycles. The van der Waals surface area contributed by atoms with E-state index in [0.29, 0.717) is 6.04 Å². The average Bonchev–Trinajstić information content (AvgIpc) is 2.90. The van der Waals surface area contributed by atoms with Gasteiger partial charge in [0.25, 0.3) is 0 Å². The average molecular weight is 222 g/mol. The molecule has 3 N–H and O–H groups in total. The molecule has 2 heteroatoms. The van der Waals surface area contributed by atoms with Crippen LogP contribution in [0, 0.1) is 29.6 Å². The minimum absolute atomic E-state index is 0.625. The van der Waals surface area contributed by atoms with Gasteiger partial charge in [0.05, 0.1) is 0 Å². The molecular formula is C14H26N2. The van der Waals surface area contributed by atoms with E-state index in [1.165, 1.54) is 44.9 Å². The Morgan fingerprint density at radius 1 is 0.938 bits per heavy atom. The molecular weight excluding hydrogens is 196 g/mol. The highest BCUT2D eigenvalue weighted by atomic mass is 15.2. The van der Waals surface area contributed by atoms with Gasteiger partial charge in [-0.2, -0.15) is 0 Å². The van der Waals surface area contributed by atoms with Gasteiger partial charge in [-0.1, -0.05) is 19.8 Å². The standard InChI is InChI=1S/C14H26N2/c1-9-2-4-10(5-3-9)14(16-15)13-7-11-6-12(11)8-13/h9-14,16H,2-8,15H2,1H3. The molecule has 2 nitrogen and oxygen atoms in total. The second-order valence-electron chi connectivity index (χ2n) is 6.70. The molecule has 3 saturated carbocycles. The van der Waals surface area contributed by atoms with Crippen LogP contribution in [0.25, 0.3) is 0 Å². The van der Waals surface area contributed by atoms with E-state index in [9.17, 15) is 0 Å². The van der Waals surface area contributed by atoms with Crippen LogP contribution in [-0.4, -0.2) is 6.04 Å². The van der Waals surface area contributed by atoms with E-state index >= 15 is 0 Å². The summed E-state index contributed by atoms with van der Waals surface area (Å²) in [6, 6.07) is 0.625. The highest BCUT2D eigenvalue weighted by Gasteiger charge is 2.48. The molecule has 0 amide bonds. The summed E-state index contributed by atoms with van der Waals surface area (Å²) >= 11 is 0. The first-order valence-corrected chi connectivity index (χ1v) is 7.24. The van der Waals surface area contributed by atoms with Crippen LogP contribution >= 0.6 is 0 Å². The van der Waals surface area contributed by atoms with Crippen molar-refractivity contribution < 1.29 is 0 Å². The highest BCUT2D eigenvalue weighted by Crippen LogP contribution is 2.56. The van der Waals surface area contributed by atoms with Gasteiger partial charge in [-0.15, -0.1) is 0 Å². The van der Waals surface area contributed by atoms with Gasteiger partial charge in [0.15, 0.2) is 0 Å².